The van der Waals surface area contributed by atoms with Crippen LogP contribution in [0.15, 0.2) is 24.3 Å². The van der Waals surface area contributed by atoms with Gasteiger partial charge in [-0.1, -0.05) is 36.8 Å². The molecule has 0 spiro atoms. The number of carbonyl (C=O) groups excluding carboxylic acids is 1. The van der Waals surface area contributed by atoms with Crippen LogP contribution in [0.25, 0.3) is 0 Å². The molecule has 6 heteroatoms. The molecule has 0 atom stereocenters. The Bertz CT molecular complexity index is 620. The average molecular weight is 324 g/mol. The third-order valence-corrected chi connectivity index (χ3v) is 5.73. The van der Waals surface area contributed by atoms with E-state index in [1.54, 1.807) is 4.90 Å². The summed E-state index contributed by atoms with van der Waals surface area (Å²) < 4.78 is 26.5. The van der Waals surface area contributed by atoms with E-state index in [2.05, 4.69) is 0 Å². The van der Waals surface area contributed by atoms with Crippen molar-refractivity contribution in [1.82, 2.24) is 9.21 Å². The standard InChI is InChI=1S/C16H24N2O3S/c1-3-5-16(19)17-8-10-18(11-9-17)22(20,21)13-15-7-4-6-14(2)12-15/h4,6-7,12H,3,5,8-11,13H2,1-2H3. The fourth-order valence-electron chi connectivity index (χ4n) is 2.69. The Balaban J connectivity index is 1.96. The van der Waals surface area contributed by atoms with Crippen molar-refractivity contribution in [2.75, 3.05) is 26.2 Å². The first kappa shape index (κ1) is 17.0. The highest BCUT2D eigenvalue weighted by molar-refractivity contribution is 7.88. The molecule has 5 nitrogen and oxygen atoms in total. The van der Waals surface area contributed by atoms with Crippen LogP contribution in [0.5, 0.6) is 0 Å². The maximum absolute atomic E-state index is 12.5. The molecule has 1 aliphatic heterocycles. The molecule has 122 valence electrons. The van der Waals surface area contributed by atoms with Crippen LogP contribution in [-0.2, 0) is 20.6 Å². The maximum atomic E-state index is 12.5. The second-order valence-electron chi connectivity index (χ2n) is 5.78. The number of hydrogen-bond donors (Lipinski definition) is 0. The summed E-state index contributed by atoms with van der Waals surface area (Å²) in [4.78, 5) is 13.6. The molecular weight excluding hydrogens is 300 g/mol. The third kappa shape index (κ3) is 4.30. The van der Waals surface area contributed by atoms with Crippen LogP contribution in [0.1, 0.15) is 30.9 Å². The number of piperazine rings is 1. The van der Waals surface area contributed by atoms with Gasteiger partial charge in [-0.05, 0) is 18.9 Å². The number of sulfonamides is 1. The van der Waals surface area contributed by atoms with E-state index in [0.717, 1.165) is 17.5 Å². The van der Waals surface area contributed by atoms with E-state index in [4.69, 9.17) is 0 Å². The van der Waals surface area contributed by atoms with Gasteiger partial charge in [-0.2, -0.15) is 4.31 Å². The van der Waals surface area contributed by atoms with Crippen LogP contribution >= 0.6 is 0 Å². The molecule has 0 bridgehead atoms. The van der Waals surface area contributed by atoms with Crippen molar-refractivity contribution in [3.63, 3.8) is 0 Å². The van der Waals surface area contributed by atoms with Crippen molar-refractivity contribution in [1.29, 1.82) is 0 Å². The number of carbonyl (C=O) groups is 1. The van der Waals surface area contributed by atoms with Crippen LogP contribution in [-0.4, -0.2) is 49.7 Å². The van der Waals surface area contributed by atoms with Gasteiger partial charge in [0.25, 0.3) is 0 Å². The highest BCUT2D eigenvalue weighted by Gasteiger charge is 2.28. The summed E-state index contributed by atoms with van der Waals surface area (Å²) in [5, 5.41) is 0. The first-order valence-electron chi connectivity index (χ1n) is 7.73. The van der Waals surface area contributed by atoms with E-state index >= 15 is 0 Å². The molecule has 22 heavy (non-hydrogen) atoms. The second kappa shape index (κ2) is 7.24. The largest absolute Gasteiger partial charge is 0.340 e. The molecule has 1 saturated heterocycles. The Morgan fingerprint density at radius 3 is 2.45 bits per heavy atom. The van der Waals surface area contributed by atoms with Gasteiger partial charge in [-0.15, -0.1) is 0 Å². The monoisotopic (exact) mass is 324 g/mol. The lowest BCUT2D eigenvalue weighted by Crippen LogP contribution is -2.50. The number of amides is 1. The van der Waals surface area contributed by atoms with Gasteiger partial charge in [-0.25, -0.2) is 8.42 Å². The van der Waals surface area contributed by atoms with Gasteiger partial charge in [-0.3, -0.25) is 4.79 Å². The highest BCUT2D eigenvalue weighted by atomic mass is 32.2. The average Bonchev–Trinajstić information content (AvgIpc) is 2.47. The van der Waals surface area contributed by atoms with Gasteiger partial charge < -0.3 is 4.90 Å². The molecule has 0 radical (unpaired) electrons. The molecule has 1 fully saturated rings. The minimum Gasteiger partial charge on any atom is -0.340 e. The van der Waals surface area contributed by atoms with Gasteiger partial charge in [0.1, 0.15) is 0 Å². The predicted molar refractivity (Wildman–Crippen MR) is 86.9 cm³/mol. The summed E-state index contributed by atoms with van der Waals surface area (Å²) in [6, 6.07) is 7.57. The van der Waals surface area contributed by atoms with Crippen LogP contribution in [0.3, 0.4) is 0 Å². The molecule has 2 rings (SSSR count). The van der Waals surface area contributed by atoms with E-state index in [1.807, 2.05) is 38.1 Å². The molecule has 1 amide bonds. The highest BCUT2D eigenvalue weighted by Crippen LogP contribution is 2.15. The predicted octanol–water partition coefficient (Wildman–Crippen LogP) is 1.77. The van der Waals surface area contributed by atoms with Crippen molar-refractivity contribution >= 4 is 15.9 Å². The minimum absolute atomic E-state index is 0.0254. The van der Waals surface area contributed by atoms with Gasteiger partial charge >= 0.3 is 0 Å². The molecule has 1 aromatic carbocycles. The maximum Gasteiger partial charge on any atom is 0.222 e. The molecule has 0 saturated carbocycles. The Morgan fingerprint density at radius 2 is 1.86 bits per heavy atom. The van der Waals surface area contributed by atoms with Crippen molar-refractivity contribution < 1.29 is 13.2 Å². The second-order valence-corrected chi connectivity index (χ2v) is 7.74. The Hall–Kier alpha value is -1.40. The Kier molecular flexibility index (Phi) is 5.58. The molecule has 0 aromatic heterocycles. The zero-order valence-electron chi connectivity index (χ0n) is 13.3. The van der Waals surface area contributed by atoms with Crippen molar-refractivity contribution in [2.24, 2.45) is 0 Å². The molecule has 0 N–H and O–H groups in total. The molecule has 1 aromatic rings. The zero-order chi connectivity index (χ0) is 16.2. The lowest BCUT2D eigenvalue weighted by Gasteiger charge is -2.34. The van der Waals surface area contributed by atoms with E-state index < -0.39 is 10.0 Å². The summed E-state index contributed by atoms with van der Waals surface area (Å²) in [6.07, 6.45) is 1.36. The van der Waals surface area contributed by atoms with Crippen molar-refractivity contribution in [3.05, 3.63) is 35.4 Å². The Morgan fingerprint density at radius 1 is 1.18 bits per heavy atom. The minimum atomic E-state index is -3.32. The van der Waals surface area contributed by atoms with Crippen molar-refractivity contribution in [3.8, 4) is 0 Å². The number of aryl methyl sites for hydroxylation is 1. The lowest BCUT2D eigenvalue weighted by atomic mass is 10.2. The van der Waals surface area contributed by atoms with Crippen molar-refractivity contribution in [2.45, 2.75) is 32.4 Å². The fourth-order valence-corrected chi connectivity index (χ4v) is 4.19. The quantitative estimate of drug-likeness (QED) is 0.829. The number of rotatable bonds is 5. The van der Waals surface area contributed by atoms with Gasteiger partial charge in [0, 0.05) is 32.6 Å². The molecule has 0 unspecified atom stereocenters. The van der Waals surface area contributed by atoms with E-state index in [1.165, 1.54) is 4.31 Å². The van der Waals surface area contributed by atoms with E-state index in [-0.39, 0.29) is 11.7 Å². The molecule has 1 heterocycles. The number of nitrogens with zero attached hydrogens (tertiary/aromatic N) is 2. The summed E-state index contributed by atoms with van der Waals surface area (Å²) in [7, 11) is -3.32. The van der Waals surface area contributed by atoms with Crippen LogP contribution in [0, 0.1) is 6.92 Å². The summed E-state index contributed by atoms with van der Waals surface area (Å²) >= 11 is 0. The SMILES string of the molecule is CCCC(=O)N1CCN(S(=O)(=O)Cc2cccc(C)c2)CC1. The Labute approximate surface area is 133 Å². The first-order valence-corrected chi connectivity index (χ1v) is 9.34. The normalized spacial score (nSPS) is 16.7. The number of benzene rings is 1. The van der Waals surface area contributed by atoms with Crippen LogP contribution < -0.4 is 0 Å². The zero-order valence-corrected chi connectivity index (χ0v) is 14.1. The molecule has 1 aliphatic rings. The van der Waals surface area contributed by atoms with Gasteiger partial charge in [0.15, 0.2) is 0 Å². The molecule has 0 aliphatic carbocycles. The lowest BCUT2D eigenvalue weighted by molar-refractivity contribution is -0.132. The van der Waals surface area contributed by atoms with E-state index in [0.29, 0.717) is 32.6 Å². The van der Waals surface area contributed by atoms with Crippen LogP contribution in [0.4, 0.5) is 0 Å². The summed E-state index contributed by atoms with van der Waals surface area (Å²) in [5.41, 5.74) is 1.87. The molecular formula is C16H24N2O3S. The van der Waals surface area contributed by atoms with Gasteiger partial charge in [0.2, 0.25) is 15.9 Å². The first-order chi connectivity index (χ1) is 10.4. The third-order valence-electron chi connectivity index (χ3n) is 3.88. The summed E-state index contributed by atoms with van der Waals surface area (Å²) in [6.45, 7) is 5.69. The summed E-state index contributed by atoms with van der Waals surface area (Å²) in [5.74, 6) is 0.149. The number of hydrogen-bond acceptors (Lipinski definition) is 3. The smallest absolute Gasteiger partial charge is 0.222 e. The topological polar surface area (TPSA) is 57.7 Å². The fraction of sp³-hybridized carbons (Fsp3) is 0.562. The van der Waals surface area contributed by atoms with E-state index in [9.17, 15) is 13.2 Å². The van der Waals surface area contributed by atoms with Crippen LogP contribution in [0.2, 0.25) is 0 Å². The van der Waals surface area contributed by atoms with Gasteiger partial charge in [0.05, 0.1) is 5.75 Å².